The largest absolute Gasteiger partial charge is 0.469 e. The first-order valence-corrected chi connectivity index (χ1v) is 10.4. The van der Waals surface area contributed by atoms with E-state index in [1.165, 1.54) is 7.11 Å². The number of fused-ring (bicyclic) bond motifs is 2. The zero-order valence-corrected chi connectivity index (χ0v) is 17.7. The van der Waals surface area contributed by atoms with Crippen molar-refractivity contribution in [3.05, 3.63) is 88.3 Å². The second kappa shape index (κ2) is 7.11. The first-order valence-electron chi connectivity index (χ1n) is 9.61. The van der Waals surface area contributed by atoms with Crippen LogP contribution < -0.4 is 10.6 Å². The maximum Gasteiger partial charge on any atom is 0.323 e. The van der Waals surface area contributed by atoms with Crippen molar-refractivity contribution in [1.29, 1.82) is 0 Å². The van der Waals surface area contributed by atoms with E-state index in [4.69, 9.17) is 9.15 Å². The van der Waals surface area contributed by atoms with Gasteiger partial charge in [0, 0.05) is 10.2 Å². The number of hydrogen-bond donors (Lipinski definition) is 2. The molecule has 30 heavy (non-hydrogen) atoms. The summed E-state index contributed by atoms with van der Waals surface area (Å²) < 4.78 is 11.8. The summed E-state index contributed by atoms with van der Waals surface area (Å²) in [5, 5.41) is 6.44. The molecule has 0 saturated carbocycles. The lowest BCUT2D eigenvalue weighted by atomic mass is 9.65. The number of halogens is 1. The van der Waals surface area contributed by atoms with E-state index in [0.29, 0.717) is 5.76 Å². The van der Waals surface area contributed by atoms with E-state index in [1.54, 1.807) is 12.3 Å². The number of methoxy groups -OCH3 is 1. The molecule has 2 aliphatic rings. The minimum atomic E-state index is -1.08. The van der Waals surface area contributed by atoms with E-state index in [0.717, 1.165) is 21.3 Å². The number of nitrogens with one attached hydrogen (secondary N) is 2. The highest BCUT2D eigenvalue weighted by molar-refractivity contribution is 9.10. The van der Waals surface area contributed by atoms with Gasteiger partial charge in [-0.05, 0) is 41.5 Å². The summed E-state index contributed by atoms with van der Waals surface area (Å²) in [5.41, 5.74) is 1.39. The Kier molecular flexibility index (Phi) is 4.52. The number of benzene rings is 2. The molecule has 1 amide bonds. The molecule has 152 valence electrons. The lowest BCUT2D eigenvalue weighted by Crippen LogP contribution is -2.44. The Morgan fingerprint density at radius 2 is 1.87 bits per heavy atom. The molecule has 0 radical (unpaired) electrons. The lowest BCUT2D eigenvalue weighted by molar-refractivity contribution is -0.143. The van der Waals surface area contributed by atoms with Crippen LogP contribution in [0.3, 0.4) is 0 Å². The topological polar surface area (TPSA) is 80.6 Å². The quantitative estimate of drug-likeness (QED) is 0.572. The van der Waals surface area contributed by atoms with Gasteiger partial charge in [-0.1, -0.05) is 46.3 Å². The molecule has 5 rings (SSSR count). The number of carbonyl (C=O) groups is 2. The highest BCUT2D eigenvalue weighted by Gasteiger charge is 2.67. The van der Waals surface area contributed by atoms with Gasteiger partial charge in [0.2, 0.25) is 5.91 Å². The Labute approximate surface area is 181 Å². The lowest BCUT2D eigenvalue weighted by Gasteiger charge is -2.34. The number of carbonyl (C=O) groups excluding carboxylic acids is 2. The molecule has 0 bridgehead atoms. The molecule has 2 aliphatic heterocycles. The van der Waals surface area contributed by atoms with Crippen LogP contribution >= 0.6 is 15.9 Å². The Hall–Kier alpha value is -2.90. The van der Waals surface area contributed by atoms with Crippen LogP contribution in [0.4, 0.5) is 5.69 Å². The monoisotopic (exact) mass is 466 g/mol. The first kappa shape index (κ1) is 19.1. The molecule has 6 nitrogen and oxygen atoms in total. The highest BCUT2D eigenvalue weighted by atomic mass is 79.9. The summed E-state index contributed by atoms with van der Waals surface area (Å²) in [4.78, 5) is 26.6. The fourth-order valence-electron chi connectivity index (χ4n) is 4.95. The first-order chi connectivity index (χ1) is 14.6. The molecule has 2 aromatic carbocycles. The fraction of sp³-hybridized carbons (Fsp3) is 0.217. The molecule has 3 aromatic rings. The molecule has 7 heteroatoms. The number of para-hydroxylation sites is 1. The Balaban J connectivity index is 1.80. The Morgan fingerprint density at radius 1 is 1.10 bits per heavy atom. The van der Waals surface area contributed by atoms with Crippen molar-refractivity contribution in [1.82, 2.24) is 5.32 Å². The molecular weight excluding hydrogens is 448 g/mol. The number of ether oxygens (including phenoxy) is 1. The normalized spacial score (nSPS) is 27.1. The molecule has 1 fully saturated rings. The molecule has 1 spiro atoms. The van der Waals surface area contributed by atoms with Crippen molar-refractivity contribution in [2.45, 2.75) is 23.4 Å². The van der Waals surface area contributed by atoms with Crippen LogP contribution in [0.2, 0.25) is 0 Å². The Bertz CT molecular complexity index is 1110. The summed E-state index contributed by atoms with van der Waals surface area (Å²) in [6.45, 7) is 0. The molecule has 0 unspecified atom stereocenters. The predicted octanol–water partition coefficient (Wildman–Crippen LogP) is 3.90. The number of furan rings is 1. The summed E-state index contributed by atoms with van der Waals surface area (Å²) in [6.07, 6.45) is 1.56. The van der Waals surface area contributed by atoms with Gasteiger partial charge in [0.25, 0.3) is 0 Å². The number of esters is 1. The van der Waals surface area contributed by atoms with Crippen LogP contribution in [0.5, 0.6) is 0 Å². The van der Waals surface area contributed by atoms with Gasteiger partial charge in [-0.2, -0.15) is 0 Å². The van der Waals surface area contributed by atoms with Gasteiger partial charge < -0.3 is 14.5 Å². The number of anilines is 1. The Morgan fingerprint density at radius 3 is 2.57 bits per heavy atom. The average Bonchev–Trinajstić information content (AvgIpc) is 3.46. The zero-order chi connectivity index (χ0) is 20.9. The van der Waals surface area contributed by atoms with Crippen molar-refractivity contribution < 1.29 is 18.7 Å². The van der Waals surface area contributed by atoms with Crippen LogP contribution in [0.1, 0.15) is 28.8 Å². The minimum Gasteiger partial charge on any atom is -0.469 e. The van der Waals surface area contributed by atoms with Crippen molar-refractivity contribution in [3.63, 3.8) is 0 Å². The van der Waals surface area contributed by atoms with Crippen LogP contribution in [0.15, 0.2) is 75.8 Å². The second-order valence-corrected chi connectivity index (χ2v) is 8.43. The summed E-state index contributed by atoms with van der Waals surface area (Å²) >= 11 is 3.47. The average molecular weight is 467 g/mol. The molecule has 3 heterocycles. The molecule has 1 aromatic heterocycles. The van der Waals surface area contributed by atoms with Gasteiger partial charge in [-0.25, -0.2) is 0 Å². The van der Waals surface area contributed by atoms with Crippen molar-refractivity contribution in [3.8, 4) is 0 Å². The van der Waals surface area contributed by atoms with E-state index < -0.39 is 29.4 Å². The van der Waals surface area contributed by atoms with E-state index in [9.17, 15) is 9.59 Å². The SMILES string of the molecule is COC(=O)[C@@H]1N[C@H](c2ccc(Br)cc2)[C@]2(C(=O)Nc3ccccc32)[C@H]1c1ccco1. The molecule has 1 saturated heterocycles. The van der Waals surface area contributed by atoms with Crippen molar-refractivity contribution in [2.75, 3.05) is 12.4 Å². The van der Waals surface area contributed by atoms with E-state index >= 15 is 0 Å². The summed E-state index contributed by atoms with van der Waals surface area (Å²) in [6, 6.07) is 17.7. The number of amides is 1. The third kappa shape index (κ3) is 2.58. The van der Waals surface area contributed by atoms with Gasteiger partial charge in [-0.15, -0.1) is 0 Å². The van der Waals surface area contributed by atoms with Gasteiger partial charge >= 0.3 is 5.97 Å². The predicted molar refractivity (Wildman–Crippen MR) is 114 cm³/mol. The smallest absolute Gasteiger partial charge is 0.323 e. The fourth-order valence-corrected chi connectivity index (χ4v) is 5.21. The van der Waals surface area contributed by atoms with E-state index in [1.807, 2.05) is 54.6 Å². The molecular formula is C23H19BrN2O4. The maximum absolute atomic E-state index is 13.7. The van der Waals surface area contributed by atoms with Gasteiger partial charge in [-0.3, -0.25) is 14.9 Å². The minimum absolute atomic E-state index is 0.170. The molecule has 2 N–H and O–H groups in total. The highest BCUT2D eigenvalue weighted by Crippen LogP contribution is 2.59. The number of rotatable bonds is 3. The maximum atomic E-state index is 13.7. The van der Waals surface area contributed by atoms with Gasteiger partial charge in [0.05, 0.1) is 25.3 Å². The zero-order valence-electron chi connectivity index (χ0n) is 16.1. The van der Waals surface area contributed by atoms with Gasteiger partial charge in [0.1, 0.15) is 17.2 Å². The van der Waals surface area contributed by atoms with E-state index in [2.05, 4.69) is 26.6 Å². The van der Waals surface area contributed by atoms with Crippen molar-refractivity contribution >= 4 is 33.5 Å². The number of hydrogen-bond acceptors (Lipinski definition) is 5. The van der Waals surface area contributed by atoms with Crippen LogP contribution in [-0.4, -0.2) is 25.0 Å². The van der Waals surface area contributed by atoms with Crippen molar-refractivity contribution in [2.24, 2.45) is 0 Å². The molecule has 4 atom stereocenters. The summed E-state index contributed by atoms with van der Waals surface area (Å²) in [5.74, 6) is -0.633. The van der Waals surface area contributed by atoms with Crippen LogP contribution in [0, 0.1) is 0 Å². The summed E-state index contributed by atoms with van der Waals surface area (Å²) in [7, 11) is 1.35. The van der Waals surface area contributed by atoms with Crippen LogP contribution in [0.25, 0.3) is 0 Å². The molecule has 0 aliphatic carbocycles. The van der Waals surface area contributed by atoms with Gasteiger partial charge in [0.15, 0.2) is 0 Å². The third-order valence-corrected chi connectivity index (χ3v) is 6.66. The standard InChI is InChI=1S/C23H19BrN2O4/c1-29-21(27)19-18(17-7-4-12-30-17)23(15-5-2-3-6-16(15)25-22(23)28)20(26-19)13-8-10-14(24)11-9-13/h2-12,18-20,26H,1H3,(H,25,28)/t18-,19+,20+,23+/m0/s1. The second-order valence-electron chi connectivity index (χ2n) is 7.51. The van der Waals surface area contributed by atoms with Crippen LogP contribution in [-0.2, 0) is 19.7 Å². The van der Waals surface area contributed by atoms with E-state index in [-0.39, 0.29) is 5.91 Å². The third-order valence-electron chi connectivity index (χ3n) is 6.13.